The second-order valence-corrected chi connectivity index (χ2v) is 10.3. The molecule has 5 rings (SSSR count). The van der Waals surface area contributed by atoms with Gasteiger partial charge in [0.1, 0.15) is 22.6 Å². The van der Waals surface area contributed by atoms with E-state index in [2.05, 4.69) is 21.9 Å². The number of esters is 1. The molecule has 0 saturated carbocycles. The molecule has 1 aliphatic rings. The molecule has 2 N–H and O–H groups in total. The van der Waals surface area contributed by atoms with Crippen molar-refractivity contribution in [3.8, 4) is 17.6 Å². The van der Waals surface area contributed by atoms with Crippen LogP contribution in [-0.4, -0.2) is 30.6 Å². The normalized spacial score (nSPS) is 12.4. The maximum Gasteiger partial charge on any atom is 0.343 e. The summed E-state index contributed by atoms with van der Waals surface area (Å²) in [5.41, 5.74) is 4.39. The lowest BCUT2D eigenvalue weighted by molar-refractivity contribution is -0.136. The number of aryl methyl sites for hydroxylation is 1. The van der Waals surface area contributed by atoms with E-state index in [1.165, 1.54) is 17.6 Å². The third-order valence-corrected chi connectivity index (χ3v) is 7.82. The van der Waals surface area contributed by atoms with Crippen LogP contribution in [0.1, 0.15) is 51.7 Å². The van der Waals surface area contributed by atoms with E-state index in [9.17, 15) is 19.6 Å². The first kappa shape index (κ1) is 27.6. The van der Waals surface area contributed by atoms with Crippen LogP contribution in [0.2, 0.25) is 0 Å². The molecular weight excluding hydrogens is 540 g/mol. The summed E-state index contributed by atoms with van der Waals surface area (Å²) in [7, 11) is 0. The van der Waals surface area contributed by atoms with Crippen molar-refractivity contribution >= 4 is 51.1 Å². The van der Waals surface area contributed by atoms with Crippen LogP contribution in [-0.2, 0) is 22.4 Å². The van der Waals surface area contributed by atoms with Gasteiger partial charge in [0, 0.05) is 10.4 Å². The van der Waals surface area contributed by atoms with Crippen molar-refractivity contribution in [3.05, 3.63) is 87.8 Å². The summed E-state index contributed by atoms with van der Waals surface area (Å²) in [5.74, 6) is -1.63. The lowest BCUT2D eigenvalue weighted by Gasteiger charge is -2.11. The Morgan fingerprint density at radius 3 is 2.59 bits per heavy atom. The van der Waals surface area contributed by atoms with E-state index in [1.54, 1.807) is 30.3 Å². The van der Waals surface area contributed by atoms with Gasteiger partial charge in [-0.3, -0.25) is 9.59 Å². The van der Waals surface area contributed by atoms with E-state index >= 15 is 0 Å². The zero-order valence-electron chi connectivity index (χ0n) is 22.2. The van der Waals surface area contributed by atoms with E-state index < -0.39 is 17.8 Å². The largest absolute Gasteiger partial charge is 0.494 e. The SMILES string of the molecule is CCOc1ccc(C(=O)Oc2ccc3ccccc3c2/C=N\NC(=O)C(=O)Nc2sc3c(c2C#N)CCCC3)cc1. The van der Waals surface area contributed by atoms with Crippen molar-refractivity contribution in [2.75, 3.05) is 11.9 Å². The first-order valence-corrected chi connectivity index (χ1v) is 14.0. The number of ether oxygens (including phenoxy) is 2. The minimum Gasteiger partial charge on any atom is -0.494 e. The molecule has 1 aromatic heterocycles. The fourth-order valence-corrected chi connectivity index (χ4v) is 5.88. The lowest BCUT2D eigenvalue weighted by atomic mass is 9.96. The molecule has 3 aromatic carbocycles. The Labute approximate surface area is 240 Å². The van der Waals surface area contributed by atoms with Crippen LogP contribution in [0.4, 0.5) is 5.00 Å². The molecule has 9 nitrogen and oxygen atoms in total. The van der Waals surface area contributed by atoms with Crippen LogP contribution < -0.4 is 20.2 Å². The Morgan fingerprint density at radius 2 is 1.80 bits per heavy atom. The molecule has 206 valence electrons. The van der Waals surface area contributed by atoms with Gasteiger partial charge in [-0.05, 0) is 79.3 Å². The number of fused-ring (bicyclic) bond motifs is 2. The minimum absolute atomic E-state index is 0.230. The van der Waals surface area contributed by atoms with Crippen LogP contribution in [0.15, 0.2) is 65.8 Å². The predicted molar refractivity (Wildman–Crippen MR) is 157 cm³/mol. The van der Waals surface area contributed by atoms with Crippen LogP contribution in [0.3, 0.4) is 0 Å². The van der Waals surface area contributed by atoms with Gasteiger partial charge >= 0.3 is 17.8 Å². The van der Waals surface area contributed by atoms with Crippen LogP contribution in [0, 0.1) is 11.3 Å². The third kappa shape index (κ3) is 6.10. The number of nitriles is 1. The Hall–Kier alpha value is -5.01. The smallest absolute Gasteiger partial charge is 0.343 e. The van der Waals surface area contributed by atoms with Gasteiger partial charge in [-0.1, -0.05) is 30.3 Å². The minimum atomic E-state index is -0.996. The number of anilines is 1. The maximum absolute atomic E-state index is 12.9. The molecule has 2 amide bonds. The molecule has 1 aliphatic carbocycles. The van der Waals surface area contributed by atoms with Gasteiger partial charge in [0.25, 0.3) is 0 Å². The molecule has 0 spiro atoms. The molecule has 0 fully saturated rings. The number of hydrogen-bond donors (Lipinski definition) is 2. The molecule has 4 aromatic rings. The van der Waals surface area contributed by atoms with Crippen LogP contribution >= 0.6 is 11.3 Å². The maximum atomic E-state index is 12.9. The van der Waals surface area contributed by atoms with Crippen molar-refractivity contribution in [1.82, 2.24) is 5.43 Å². The number of carbonyl (C=O) groups is 3. The molecule has 0 radical (unpaired) electrons. The summed E-state index contributed by atoms with van der Waals surface area (Å²) in [6.45, 7) is 2.39. The monoisotopic (exact) mass is 566 g/mol. The molecule has 1 heterocycles. The van der Waals surface area contributed by atoms with Crippen molar-refractivity contribution in [3.63, 3.8) is 0 Å². The fourth-order valence-electron chi connectivity index (χ4n) is 4.65. The number of thiophene rings is 1. The molecule has 0 bridgehead atoms. The summed E-state index contributed by atoms with van der Waals surface area (Å²) >= 11 is 1.33. The van der Waals surface area contributed by atoms with E-state index in [0.717, 1.165) is 46.9 Å². The van der Waals surface area contributed by atoms with E-state index in [0.29, 0.717) is 34.0 Å². The number of hydrogen-bond acceptors (Lipinski definition) is 8. The average Bonchev–Trinajstić information content (AvgIpc) is 3.35. The van der Waals surface area contributed by atoms with Gasteiger partial charge < -0.3 is 14.8 Å². The van der Waals surface area contributed by atoms with Gasteiger partial charge in [-0.15, -0.1) is 11.3 Å². The first-order chi connectivity index (χ1) is 20.0. The van der Waals surface area contributed by atoms with Gasteiger partial charge in [0.05, 0.1) is 23.9 Å². The van der Waals surface area contributed by atoms with Crippen LogP contribution in [0.5, 0.6) is 11.5 Å². The summed E-state index contributed by atoms with van der Waals surface area (Å²) in [5, 5.41) is 18.1. The van der Waals surface area contributed by atoms with Crippen molar-refractivity contribution in [1.29, 1.82) is 5.26 Å². The molecule has 0 unspecified atom stereocenters. The highest BCUT2D eigenvalue weighted by atomic mass is 32.1. The molecule has 0 aliphatic heterocycles. The lowest BCUT2D eigenvalue weighted by Crippen LogP contribution is -2.32. The summed E-state index contributed by atoms with van der Waals surface area (Å²) in [4.78, 5) is 39.1. The Bertz CT molecular complexity index is 1700. The first-order valence-electron chi connectivity index (χ1n) is 13.1. The quantitative estimate of drug-likeness (QED) is 0.102. The molecule has 10 heteroatoms. The second kappa shape index (κ2) is 12.4. The number of nitrogens with zero attached hydrogens (tertiary/aromatic N) is 2. The summed E-state index contributed by atoms with van der Waals surface area (Å²) < 4.78 is 11.1. The standard InChI is InChI=1S/C31H26N4O5S/c1-2-39-21-14-11-20(12-15-21)31(38)40-26-16-13-19-7-3-4-8-22(19)25(26)18-33-35-29(37)28(36)34-30-24(17-32)23-9-5-6-10-27(23)41-30/h3-4,7-8,11-16,18H,2,5-6,9-10H2,1H3,(H,34,36)(H,35,37)/b33-18-. The number of benzene rings is 3. The van der Waals surface area contributed by atoms with E-state index in [1.807, 2.05) is 37.3 Å². The number of nitrogens with one attached hydrogen (secondary N) is 2. The zero-order chi connectivity index (χ0) is 28.8. The highest BCUT2D eigenvalue weighted by molar-refractivity contribution is 7.16. The molecule has 0 saturated heterocycles. The fraction of sp³-hybridized carbons (Fsp3) is 0.194. The molecule has 0 atom stereocenters. The van der Waals surface area contributed by atoms with Gasteiger partial charge in [-0.25, -0.2) is 10.2 Å². The highest BCUT2D eigenvalue weighted by Gasteiger charge is 2.24. The average molecular weight is 567 g/mol. The van der Waals surface area contributed by atoms with Crippen LogP contribution in [0.25, 0.3) is 10.8 Å². The summed E-state index contributed by atoms with van der Waals surface area (Å²) in [6.07, 6.45) is 5.01. The number of carbonyl (C=O) groups excluding carboxylic acids is 3. The topological polar surface area (TPSA) is 130 Å². The van der Waals surface area contributed by atoms with Gasteiger partial charge in [-0.2, -0.15) is 10.4 Å². The molecular formula is C31H26N4O5S. The number of hydrazone groups is 1. The molecule has 41 heavy (non-hydrogen) atoms. The summed E-state index contributed by atoms with van der Waals surface area (Å²) in [6, 6.07) is 19.7. The number of rotatable bonds is 7. The number of amides is 2. The van der Waals surface area contributed by atoms with E-state index in [-0.39, 0.29) is 5.75 Å². The van der Waals surface area contributed by atoms with Crippen molar-refractivity contribution < 1.29 is 23.9 Å². The van der Waals surface area contributed by atoms with Crippen molar-refractivity contribution in [2.24, 2.45) is 5.10 Å². The Kier molecular flexibility index (Phi) is 8.36. The van der Waals surface area contributed by atoms with Gasteiger partial charge in [0.2, 0.25) is 0 Å². The van der Waals surface area contributed by atoms with E-state index in [4.69, 9.17) is 9.47 Å². The zero-order valence-corrected chi connectivity index (χ0v) is 23.0. The Balaban J connectivity index is 1.32. The van der Waals surface area contributed by atoms with Crippen molar-refractivity contribution in [2.45, 2.75) is 32.6 Å². The predicted octanol–water partition coefficient (Wildman–Crippen LogP) is 5.36. The van der Waals surface area contributed by atoms with Gasteiger partial charge in [0.15, 0.2) is 0 Å². The second-order valence-electron chi connectivity index (χ2n) is 9.23. The Morgan fingerprint density at radius 1 is 1.02 bits per heavy atom. The highest BCUT2D eigenvalue weighted by Crippen LogP contribution is 2.37. The third-order valence-electron chi connectivity index (χ3n) is 6.61.